The maximum Gasteiger partial charge on any atom is 0.213 e. The molecular weight excluding hydrogens is 302 g/mol. The van der Waals surface area contributed by atoms with Crippen LogP contribution in [0, 0.1) is 0 Å². The number of hydrogen-bond acceptors (Lipinski definition) is 5. The predicted molar refractivity (Wildman–Crippen MR) is 95.2 cm³/mol. The summed E-state index contributed by atoms with van der Waals surface area (Å²) < 4.78 is 7.47. The lowest BCUT2D eigenvalue weighted by Crippen LogP contribution is -2.55. The third-order valence-electron chi connectivity index (χ3n) is 4.83. The Bertz CT molecular complexity index is 674. The smallest absolute Gasteiger partial charge is 0.213 e. The van der Waals surface area contributed by atoms with Gasteiger partial charge >= 0.3 is 0 Å². The van der Waals surface area contributed by atoms with Crippen molar-refractivity contribution < 1.29 is 4.74 Å². The van der Waals surface area contributed by atoms with Crippen LogP contribution in [0.1, 0.15) is 13.8 Å². The normalized spacial score (nSPS) is 17.2. The highest BCUT2D eigenvalue weighted by molar-refractivity contribution is 5.56. The van der Waals surface area contributed by atoms with Gasteiger partial charge in [-0.15, -0.1) is 0 Å². The molecule has 0 saturated carbocycles. The van der Waals surface area contributed by atoms with Gasteiger partial charge in [-0.2, -0.15) is 0 Å². The molecule has 0 spiro atoms. The molecule has 1 aliphatic heterocycles. The van der Waals surface area contributed by atoms with Crippen LogP contribution in [-0.4, -0.2) is 70.2 Å². The zero-order valence-electron chi connectivity index (χ0n) is 15.1. The van der Waals surface area contributed by atoms with Crippen LogP contribution in [0.4, 0.5) is 0 Å². The largest absolute Gasteiger partial charge is 0.481 e. The molecule has 0 aromatic carbocycles. The van der Waals surface area contributed by atoms with Crippen molar-refractivity contribution in [1.29, 1.82) is 0 Å². The van der Waals surface area contributed by atoms with Crippen LogP contribution < -0.4 is 4.74 Å². The van der Waals surface area contributed by atoms with E-state index in [4.69, 9.17) is 4.74 Å². The molecule has 0 unspecified atom stereocenters. The van der Waals surface area contributed by atoms with Crippen molar-refractivity contribution in [2.24, 2.45) is 0 Å². The van der Waals surface area contributed by atoms with E-state index in [1.54, 1.807) is 13.3 Å². The summed E-state index contributed by atoms with van der Waals surface area (Å²) in [7, 11) is 3.82. The molecule has 0 atom stereocenters. The minimum absolute atomic E-state index is 0.0772. The lowest BCUT2D eigenvalue weighted by Gasteiger charge is -2.43. The maximum atomic E-state index is 5.24. The molecule has 24 heavy (non-hydrogen) atoms. The Balaban J connectivity index is 1.79. The van der Waals surface area contributed by atoms with Crippen molar-refractivity contribution in [1.82, 2.24) is 24.3 Å². The molecule has 0 N–H and O–H groups in total. The number of imidazole rings is 1. The summed E-state index contributed by atoms with van der Waals surface area (Å²) in [4.78, 5) is 13.7. The fraction of sp³-hybridized carbons (Fsp3) is 0.556. The van der Waals surface area contributed by atoms with Crippen molar-refractivity contribution in [2.75, 3.05) is 40.3 Å². The summed E-state index contributed by atoms with van der Waals surface area (Å²) in [5, 5.41) is 0. The molecule has 0 amide bonds. The fourth-order valence-corrected chi connectivity index (χ4v) is 3.29. The summed E-state index contributed by atoms with van der Waals surface area (Å²) in [5.41, 5.74) is 1.11. The zero-order valence-corrected chi connectivity index (χ0v) is 15.1. The summed E-state index contributed by atoms with van der Waals surface area (Å²) in [6.07, 6.45) is 5.68. The highest BCUT2D eigenvalue weighted by atomic mass is 16.5. The van der Waals surface area contributed by atoms with Crippen molar-refractivity contribution in [3.05, 3.63) is 30.7 Å². The quantitative estimate of drug-likeness (QED) is 0.839. The van der Waals surface area contributed by atoms with Crippen LogP contribution in [0.3, 0.4) is 0 Å². The van der Waals surface area contributed by atoms with E-state index in [0.717, 1.165) is 44.1 Å². The van der Waals surface area contributed by atoms with E-state index in [1.807, 2.05) is 18.3 Å². The average molecular weight is 329 g/mol. The monoisotopic (exact) mass is 329 g/mol. The van der Waals surface area contributed by atoms with Crippen LogP contribution in [0.2, 0.25) is 0 Å². The Labute approximate surface area is 144 Å². The molecule has 0 aliphatic carbocycles. The van der Waals surface area contributed by atoms with Crippen LogP contribution in [0.5, 0.6) is 5.88 Å². The lowest BCUT2D eigenvalue weighted by atomic mass is 10.0. The van der Waals surface area contributed by atoms with E-state index in [2.05, 4.69) is 51.4 Å². The van der Waals surface area contributed by atoms with E-state index in [9.17, 15) is 0 Å². The van der Waals surface area contributed by atoms with E-state index in [0.29, 0.717) is 5.88 Å². The van der Waals surface area contributed by atoms with Crippen LogP contribution in [0.15, 0.2) is 30.7 Å². The fourth-order valence-electron chi connectivity index (χ4n) is 3.29. The second kappa shape index (κ2) is 6.91. The first-order chi connectivity index (χ1) is 11.5. The van der Waals surface area contributed by atoms with E-state index in [1.165, 1.54) is 0 Å². The number of ether oxygens (including phenoxy) is 1. The molecule has 1 fully saturated rings. The molecule has 0 radical (unpaired) electrons. The Morgan fingerprint density at radius 3 is 2.58 bits per heavy atom. The van der Waals surface area contributed by atoms with Gasteiger partial charge in [0.1, 0.15) is 5.82 Å². The average Bonchev–Trinajstić information content (AvgIpc) is 3.02. The van der Waals surface area contributed by atoms with Crippen LogP contribution in [-0.2, 0) is 6.54 Å². The van der Waals surface area contributed by atoms with Gasteiger partial charge in [0, 0.05) is 68.5 Å². The molecule has 1 aliphatic rings. The van der Waals surface area contributed by atoms with Gasteiger partial charge in [-0.3, -0.25) is 4.90 Å². The van der Waals surface area contributed by atoms with Gasteiger partial charge in [0.2, 0.25) is 5.88 Å². The minimum Gasteiger partial charge on any atom is -0.481 e. The number of methoxy groups -OCH3 is 1. The second-order valence-electron chi connectivity index (χ2n) is 7.07. The van der Waals surface area contributed by atoms with E-state index >= 15 is 0 Å². The maximum absolute atomic E-state index is 5.24. The Morgan fingerprint density at radius 1 is 1.12 bits per heavy atom. The van der Waals surface area contributed by atoms with Gasteiger partial charge in [0.05, 0.1) is 7.11 Å². The van der Waals surface area contributed by atoms with Crippen molar-refractivity contribution in [3.8, 4) is 17.3 Å². The van der Waals surface area contributed by atoms with Crippen molar-refractivity contribution in [2.45, 2.75) is 25.9 Å². The van der Waals surface area contributed by atoms with E-state index < -0.39 is 0 Å². The second-order valence-corrected chi connectivity index (χ2v) is 7.07. The number of pyridine rings is 1. The Hall–Kier alpha value is -1.92. The molecule has 2 aromatic heterocycles. The number of rotatable bonds is 5. The molecule has 2 aromatic rings. The Morgan fingerprint density at radius 2 is 1.88 bits per heavy atom. The molecule has 0 bridgehead atoms. The number of nitrogens with zero attached hydrogens (tertiary/aromatic N) is 5. The topological polar surface area (TPSA) is 46.4 Å². The molecule has 3 heterocycles. The van der Waals surface area contributed by atoms with Crippen LogP contribution in [0.25, 0.3) is 11.4 Å². The number of piperazine rings is 1. The standard InChI is InChI=1S/C18H27N5O/c1-18(2,23-11-9-21(3)10-12-23)14-22-8-7-20-17(22)15-5-6-19-16(13-15)24-4/h5-8,13H,9-12,14H2,1-4H3. The highest BCUT2D eigenvalue weighted by Crippen LogP contribution is 2.25. The van der Waals surface area contributed by atoms with Crippen molar-refractivity contribution >= 4 is 0 Å². The Kier molecular flexibility index (Phi) is 4.87. The van der Waals surface area contributed by atoms with Gasteiger partial charge in [0.25, 0.3) is 0 Å². The number of likely N-dealkylation sites (N-methyl/N-ethyl adjacent to an activating group) is 1. The summed E-state index contributed by atoms with van der Waals surface area (Å²) in [6.45, 7) is 10.00. The summed E-state index contributed by atoms with van der Waals surface area (Å²) in [5.74, 6) is 1.57. The van der Waals surface area contributed by atoms with Gasteiger partial charge in [0.15, 0.2) is 0 Å². The molecule has 6 heteroatoms. The first-order valence-electron chi connectivity index (χ1n) is 8.45. The van der Waals surface area contributed by atoms with Gasteiger partial charge < -0.3 is 14.2 Å². The minimum atomic E-state index is 0.0772. The predicted octanol–water partition coefficient (Wildman–Crippen LogP) is 1.98. The highest BCUT2D eigenvalue weighted by Gasteiger charge is 2.30. The van der Waals surface area contributed by atoms with E-state index in [-0.39, 0.29) is 5.54 Å². The third kappa shape index (κ3) is 3.60. The van der Waals surface area contributed by atoms with Gasteiger partial charge in [-0.25, -0.2) is 9.97 Å². The van der Waals surface area contributed by atoms with Gasteiger partial charge in [-0.1, -0.05) is 0 Å². The number of hydrogen-bond donors (Lipinski definition) is 0. The van der Waals surface area contributed by atoms with Crippen LogP contribution >= 0.6 is 0 Å². The molecular formula is C18H27N5O. The lowest BCUT2D eigenvalue weighted by molar-refractivity contribution is 0.0514. The zero-order chi connectivity index (χ0) is 17.2. The summed E-state index contributed by atoms with van der Waals surface area (Å²) >= 11 is 0. The van der Waals surface area contributed by atoms with Gasteiger partial charge in [-0.05, 0) is 27.0 Å². The molecule has 1 saturated heterocycles. The first-order valence-corrected chi connectivity index (χ1v) is 8.45. The third-order valence-corrected chi connectivity index (χ3v) is 4.83. The molecule has 3 rings (SSSR count). The number of aromatic nitrogens is 3. The van der Waals surface area contributed by atoms with Crippen molar-refractivity contribution in [3.63, 3.8) is 0 Å². The first kappa shape index (κ1) is 16.9. The molecule has 6 nitrogen and oxygen atoms in total. The molecule has 130 valence electrons. The SMILES string of the molecule is COc1cc(-c2nccn2CC(C)(C)N2CCN(C)CC2)ccn1. The summed E-state index contributed by atoms with van der Waals surface area (Å²) in [6, 6.07) is 3.91.